The maximum absolute atomic E-state index is 6.29. The summed E-state index contributed by atoms with van der Waals surface area (Å²) in [6.07, 6.45) is 0. The van der Waals surface area contributed by atoms with Gasteiger partial charge in [0, 0.05) is 27.2 Å². The summed E-state index contributed by atoms with van der Waals surface area (Å²) in [4.78, 5) is 2.47. The minimum absolute atomic E-state index is 0.914. The van der Waals surface area contributed by atoms with Gasteiger partial charge in [-0.1, -0.05) is 158 Å². The van der Waals surface area contributed by atoms with Gasteiger partial charge in [0.2, 0.25) is 0 Å². The fourth-order valence-electron chi connectivity index (χ4n) is 8.53. The van der Waals surface area contributed by atoms with Gasteiger partial charge in [-0.3, -0.25) is 0 Å². The predicted octanol–water partition coefficient (Wildman–Crippen LogP) is 15.0. The second-order valence-corrected chi connectivity index (χ2v) is 14.1. The number of anilines is 3. The third-order valence-electron chi connectivity index (χ3n) is 11.0. The van der Waals surface area contributed by atoms with Gasteiger partial charge in [0.1, 0.15) is 11.2 Å². The third-order valence-corrected chi connectivity index (χ3v) is 11.0. The van der Waals surface area contributed by atoms with Gasteiger partial charge in [0.05, 0.1) is 11.4 Å². The van der Waals surface area contributed by atoms with Crippen molar-refractivity contribution in [3.63, 3.8) is 0 Å². The molecular formula is C52H33NO. The highest BCUT2D eigenvalue weighted by Gasteiger charge is 2.22. The van der Waals surface area contributed by atoms with Crippen LogP contribution in [0.5, 0.6) is 0 Å². The summed E-state index contributed by atoms with van der Waals surface area (Å²) in [7, 11) is 0. The van der Waals surface area contributed by atoms with E-state index in [1.165, 1.54) is 60.0 Å². The van der Waals surface area contributed by atoms with E-state index in [1.54, 1.807) is 0 Å². The minimum Gasteiger partial charge on any atom is -0.456 e. The molecule has 1 heterocycles. The van der Waals surface area contributed by atoms with E-state index in [0.29, 0.717) is 0 Å². The molecule has 0 bridgehead atoms. The molecule has 1 aromatic heterocycles. The van der Waals surface area contributed by atoms with Crippen molar-refractivity contribution in [1.82, 2.24) is 0 Å². The quantitative estimate of drug-likeness (QED) is 0.168. The number of fused-ring (bicyclic) bond motifs is 8. The molecule has 11 aromatic rings. The molecule has 0 fully saturated rings. The smallest absolute Gasteiger partial charge is 0.136 e. The summed E-state index contributed by atoms with van der Waals surface area (Å²) in [5.41, 5.74) is 9.99. The second kappa shape index (κ2) is 12.2. The zero-order chi connectivity index (χ0) is 35.6. The lowest BCUT2D eigenvalue weighted by atomic mass is 9.92. The molecule has 252 valence electrons. The first-order valence-corrected chi connectivity index (χ1v) is 18.5. The van der Waals surface area contributed by atoms with Crippen molar-refractivity contribution in [2.75, 3.05) is 4.90 Å². The number of furan rings is 1. The highest BCUT2D eigenvalue weighted by molar-refractivity contribution is 6.18. The van der Waals surface area contributed by atoms with E-state index in [1.807, 2.05) is 12.1 Å². The molecule has 0 aliphatic carbocycles. The minimum atomic E-state index is 0.914. The number of hydrogen-bond donors (Lipinski definition) is 0. The summed E-state index contributed by atoms with van der Waals surface area (Å²) in [6, 6.07) is 72.5. The van der Waals surface area contributed by atoms with E-state index in [0.717, 1.165) is 44.4 Å². The number of rotatable bonds is 5. The summed E-state index contributed by atoms with van der Waals surface area (Å²) in [5.74, 6) is 0. The molecule has 10 aromatic carbocycles. The molecule has 0 amide bonds. The van der Waals surface area contributed by atoms with Gasteiger partial charge < -0.3 is 9.32 Å². The molecule has 0 saturated carbocycles. The first-order chi connectivity index (χ1) is 26.8. The molecule has 0 aliphatic rings. The largest absolute Gasteiger partial charge is 0.456 e. The normalized spacial score (nSPS) is 11.7. The van der Waals surface area contributed by atoms with Gasteiger partial charge in [0.15, 0.2) is 0 Å². The second-order valence-electron chi connectivity index (χ2n) is 14.1. The molecule has 0 atom stereocenters. The summed E-state index contributed by atoms with van der Waals surface area (Å²) in [6.45, 7) is 0. The summed E-state index contributed by atoms with van der Waals surface area (Å²) < 4.78 is 6.29. The lowest BCUT2D eigenvalue weighted by molar-refractivity contribution is 0.669. The van der Waals surface area contributed by atoms with Crippen LogP contribution in [0.1, 0.15) is 0 Å². The van der Waals surface area contributed by atoms with Crippen LogP contribution in [-0.4, -0.2) is 0 Å². The van der Waals surface area contributed by atoms with Gasteiger partial charge >= 0.3 is 0 Å². The lowest BCUT2D eigenvalue weighted by Gasteiger charge is -2.29. The van der Waals surface area contributed by atoms with E-state index in [9.17, 15) is 0 Å². The summed E-state index contributed by atoms with van der Waals surface area (Å²) >= 11 is 0. The highest BCUT2D eigenvalue weighted by Crippen LogP contribution is 2.47. The lowest BCUT2D eigenvalue weighted by Crippen LogP contribution is -2.11. The Morgan fingerprint density at radius 2 is 0.907 bits per heavy atom. The van der Waals surface area contributed by atoms with E-state index in [-0.39, 0.29) is 0 Å². The van der Waals surface area contributed by atoms with E-state index < -0.39 is 0 Å². The van der Waals surface area contributed by atoms with Crippen molar-refractivity contribution in [3.8, 4) is 22.3 Å². The van der Waals surface area contributed by atoms with Crippen LogP contribution in [0.2, 0.25) is 0 Å². The zero-order valence-corrected chi connectivity index (χ0v) is 29.4. The van der Waals surface area contributed by atoms with Gasteiger partial charge in [-0.25, -0.2) is 0 Å². The Kier molecular flexibility index (Phi) is 6.90. The molecule has 2 heteroatoms. The maximum Gasteiger partial charge on any atom is 0.136 e. The average Bonchev–Trinajstić information content (AvgIpc) is 3.61. The summed E-state index contributed by atoms with van der Waals surface area (Å²) in [5, 5.41) is 12.0. The molecule has 11 rings (SSSR count). The average molecular weight is 688 g/mol. The van der Waals surface area contributed by atoms with Crippen LogP contribution in [0.3, 0.4) is 0 Å². The van der Waals surface area contributed by atoms with Gasteiger partial charge in [-0.05, 0) is 97.0 Å². The number of benzene rings is 10. The zero-order valence-electron chi connectivity index (χ0n) is 29.4. The van der Waals surface area contributed by atoms with Gasteiger partial charge in [-0.2, -0.15) is 0 Å². The van der Waals surface area contributed by atoms with Gasteiger partial charge in [-0.15, -0.1) is 0 Å². The van der Waals surface area contributed by atoms with Crippen LogP contribution in [0, 0.1) is 0 Å². The number of nitrogens with zero attached hydrogens (tertiary/aromatic N) is 1. The van der Waals surface area contributed by atoms with Crippen LogP contribution < -0.4 is 4.90 Å². The van der Waals surface area contributed by atoms with E-state index in [4.69, 9.17) is 4.42 Å². The fraction of sp³-hybridized carbons (Fsp3) is 0. The monoisotopic (exact) mass is 687 g/mol. The SMILES string of the molecule is c1ccc(-c2cccc(N(c3ccc(-c4cccc5cc6oc7ccccc7c6cc45)c4ccccc34)c3cc4ccccc4c4ccccc34)c2)cc1. The molecule has 54 heavy (non-hydrogen) atoms. The molecule has 0 saturated heterocycles. The van der Waals surface area contributed by atoms with Crippen molar-refractivity contribution >= 4 is 82.1 Å². The molecule has 2 nitrogen and oxygen atoms in total. The van der Waals surface area contributed by atoms with Crippen molar-refractivity contribution in [2.45, 2.75) is 0 Å². The fourth-order valence-corrected chi connectivity index (χ4v) is 8.53. The topological polar surface area (TPSA) is 16.4 Å². The van der Waals surface area contributed by atoms with Crippen LogP contribution >= 0.6 is 0 Å². The van der Waals surface area contributed by atoms with Crippen molar-refractivity contribution < 1.29 is 4.42 Å². The first kappa shape index (κ1) is 30.5. The Hall–Kier alpha value is -7.16. The van der Waals surface area contributed by atoms with Crippen LogP contribution in [0.15, 0.2) is 205 Å². The Balaban J connectivity index is 1.18. The first-order valence-electron chi connectivity index (χ1n) is 18.5. The van der Waals surface area contributed by atoms with Gasteiger partial charge in [0.25, 0.3) is 0 Å². The Labute approximate surface area is 312 Å². The Bertz CT molecular complexity index is 3230. The molecular weight excluding hydrogens is 655 g/mol. The van der Waals surface area contributed by atoms with Crippen LogP contribution in [-0.2, 0) is 0 Å². The molecule has 0 unspecified atom stereocenters. The molecule has 0 aliphatic heterocycles. The van der Waals surface area contributed by atoms with Crippen LogP contribution in [0.4, 0.5) is 17.1 Å². The molecule has 0 N–H and O–H groups in total. The maximum atomic E-state index is 6.29. The third kappa shape index (κ3) is 4.81. The van der Waals surface area contributed by atoms with Crippen molar-refractivity contribution in [2.24, 2.45) is 0 Å². The Morgan fingerprint density at radius 3 is 1.76 bits per heavy atom. The van der Waals surface area contributed by atoms with Crippen molar-refractivity contribution in [1.29, 1.82) is 0 Å². The van der Waals surface area contributed by atoms with Crippen molar-refractivity contribution in [3.05, 3.63) is 200 Å². The highest BCUT2D eigenvalue weighted by atomic mass is 16.3. The standard InChI is InChI=1S/C52H33NO/c1-2-14-34(15-3-1)35-17-12-19-38(30-35)53(50-31-36-16-4-5-20-39(36)40-21-6-9-24-45(40)50)49-29-28-43(41-22-7-8-23-44(41)49)42-26-13-18-37-32-52-48(33-47(37)42)46-25-10-11-27-51(46)54-52/h1-33H. The Morgan fingerprint density at radius 1 is 0.296 bits per heavy atom. The number of hydrogen-bond acceptors (Lipinski definition) is 2. The van der Waals surface area contributed by atoms with E-state index in [2.05, 4.69) is 193 Å². The molecule has 0 spiro atoms. The van der Waals surface area contributed by atoms with Crippen LogP contribution in [0.25, 0.3) is 87.3 Å². The number of para-hydroxylation sites is 1. The molecule has 0 radical (unpaired) electrons. The van der Waals surface area contributed by atoms with E-state index >= 15 is 0 Å². The predicted molar refractivity (Wildman–Crippen MR) is 229 cm³/mol.